The molecule has 158 valence electrons. The minimum atomic E-state index is -0.0682. The summed E-state index contributed by atoms with van der Waals surface area (Å²) in [5.74, 6) is 1.75. The monoisotopic (exact) mass is 413 g/mol. The first kappa shape index (κ1) is 20.7. The zero-order valence-corrected chi connectivity index (χ0v) is 18.0. The molecule has 1 aromatic heterocycles. The van der Waals surface area contributed by atoms with E-state index >= 15 is 0 Å². The lowest BCUT2D eigenvalue weighted by Gasteiger charge is -2.12. The minimum absolute atomic E-state index is 0.0682. The largest absolute Gasteiger partial charge is 0.492 e. The second kappa shape index (κ2) is 9.47. The molecular formula is C26H27N3O2. The van der Waals surface area contributed by atoms with Gasteiger partial charge in [0.1, 0.15) is 18.2 Å². The van der Waals surface area contributed by atoms with Crippen LogP contribution in [0.5, 0.6) is 5.75 Å². The predicted molar refractivity (Wildman–Crippen MR) is 124 cm³/mol. The van der Waals surface area contributed by atoms with Gasteiger partial charge in [-0.25, -0.2) is 4.98 Å². The number of carbonyl (C=O) groups is 1. The number of aromatic nitrogens is 2. The Hall–Kier alpha value is -3.60. The van der Waals surface area contributed by atoms with Crippen molar-refractivity contribution in [2.24, 2.45) is 0 Å². The maximum Gasteiger partial charge on any atom is 0.251 e. The topological polar surface area (TPSA) is 56.1 Å². The van der Waals surface area contributed by atoms with Crippen molar-refractivity contribution in [2.75, 3.05) is 13.2 Å². The molecule has 0 spiro atoms. The molecular weight excluding hydrogens is 386 g/mol. The molecule has 0 fully saturated rings. The molecule has 4 aromatic rings. The maximum atomic E-state index is 12.3. The number of fused-ring (bicyclic) bond motifs is 1. The Morgan fingerprint density at radius 3 is 2.55 bits per heavy atom. The fourth-order valence-corrected chi connectivity index (χ4v) is 3.60. The van der Waals surface area contributed by atoms with Crippen LogP contribution >= 0.6 is 0 Å². The highest BCUT2D eigenvalue weighted by Crippen LogP contribution is 2.19. The van der Waals surface area contributed by atoms with Crippen LogP contribution in [-0.2, 0) is 13.0 Å². The van der Waals surface area contributed by atoms with Crippen molar-refractivity contribution in [2.45, 2.75) is 26.8 Å². The number of nitrogens with zero attached hydrogens (tertiary/aromatic N) is 2. The Bertz CT molecular complexity index is 1180. The molecule has 5 nitrogen and oxygen atoms in total. The fourth-order valence-electron chi connectivity index (χ4n) is 3.60. The number of rotatable bonds is 8. The van der Waals surface area contributed by atoms with Crippen molar-refractivity contribution in [3.8, 4) is 5.75 Å². The van der Waals surface area contributed by atoms with E-state index in [9.17, 15) is 4.79 Å². The molecule has 0 bridgehead atoms. The number of para-hydroxylation sites is 2. The molecule has 0 saturated carbocycles. The average Bonchev–Trinajstić information content (AvgIpc) is 3.14. The van der Waals surface area contributed by atoms with E-state index in [-0.39, 0.29) is 5.91 Å². The number of ether oxygens (including phenoxy) is 1. The lowest BCUT2D eigenvalue weighted by Crippen LogP contribution is -2.26. The van der Waals surface area contributed by atoms with E-state index in [2.05, 4.69) is 41.9 Å². The highest BCUT2D eigenvalue weighted by atomic mass is 16.5. The summed E-state index contributed by atoms with van der Waals surface area (Å²) in [5, 5.41) is 2.99. The van der Waals surface area contributed by atoms with Crippen molar-refractivity contribution >= 4 is 16.9 Å². The van der Waals surface area contributed by atoms with Crippen LogP contribution in [-0.4, -0.2) is 28.6 Å². The van der Waals surface area contributed by atoms with Gasteiger partial charge in [-0.3, -0.25) is 4.79 Å². The van der Waals surface area contributed by atoms with Crippen LogP contribution in [0, 0.1) is 13.8 Å². The number of benzene rings is 3. The van der Waals surface area contributed by atoms with Crippen LogP contribution in [0.25, 0.3) is 11.0 Å². The molecule has 0 aliphatic rings. The number of hydrogen-bond donors (Lipinski definition) is 1. The molecule has 1 heterocycles. The summed E-state index contributed by atoms with van der Waals surface area (Å²) >= 11 is 0. The first-order valence-corrected chi connectivity index (χ1v) is 10.6. The minimum Gasteiger partial charge on any atom is -0.492 e. The summed E-state index contributed by atoms with van der Waals surface area (Å²) in [6, 6.07) is 23.5. The zero-order chi connectivity index (χ0) is 21.6. The smallest absolute Gasteiger partial charge is 0.251 e. The first-order valence-electron chi connectivity index (χ1n) is 10.6. The van der Waals surface area contributed by atoms with Crippen molar-refractivity contribution in [3.63, 3.8) is 0 Å². The van der Waals surface area contributed by atoms with Crippen LogP contribution in [0.15, 0.2) is 72.8 Å². The number of carbonyl (C=O) groups excluding carboxylic acids is 1. The average molecular weight is 414 g/mol. The third-order valence-corrected chi connectivity index (χ3v) is 5.47. The van der Waals surface area contributed by atoms with Gasteiger partial charge in [0, 0.05) is 18.5 Å². The van der Waals surface area contributed by atoms with Crippen LogP contribution in [0.4, 0.5) is 0 Å². The number of imidazole rings is 1. The van der Waals surface area contributed by atoms with Gasteiger partial charge in [0.15, 0.2) is 0 Å². The Morgan fingerprint density at radius 2 is 1.74 bits per heavy atom. The van der Waals surface area contributed by atoms with E-state index in [0.717, 1.165) is 22.6 Å². The molecule has 0 aliphatic heterocycles. The summed E-state index contributed by atoms with van der Waals surface area (Å²) in [6.07, 6.45) is 0.650. The van der Waals surface area contributed by atoms with Crippen LogP contribution in [0.3, 0.4) is 0 Å². The number of hydrogen-bond acceptors (Lipinski definition) is 3. The van der Waals surface area contributed by atoms with Gasteiger partial charge in [-0.15, -0.1) is 0 Å². The molecule has 31 heavy (non-hydrogen) atoms. The van der Waals surface area contributed by atoms with Gasteiger partial charge in [0.05, 0.1) is 17.6 Å². The Kier molecular flexibility index (Phi) is 6.32. The van der Waals surface area contributed by atoms with E-state index in [1.807, 2.05) is 54.6 Å². The SMILES string of the molecule is Cc1ccc(OCCn2c(CCNC(=O)c3ccccc3)nc3ccccc32)cc1C. The summed E-state index contributed by atoms with van der Waals surface area (Å²) < 4.78 is 8.19. The van der Waals surface area contributed by atoms with Gasteiger partial charge in [-0.1, -0.05) is 36.4 Å². The van der Waals surface area contributed by atoms with Gasteiger partial charge >= 0.3 is 0 Å². The Balaban J connectivity index is 1.42. The molecule has 3 aromatic carbocycles. The fraction of sp³-hybridized carbons (Fsp3) is 0.231. The Labute approximate surface area is 182 Å². The summed E-state index contributed by atoms with van der Waals surface area (Å²) in [6.45, 7) is 5.95. The van der Waals surface area contributed by atoms with Crippen LogP contribution in [0.2, 0.25) is 0 Å². The molecule has 0 unspecified atom stereocenters. The molecule has 0 radical (unpaired) electrons. The molecule has 1 amide bonds. The lowest BCUT2D eigenvalue weighted by molar-refractivity contribution is 0.0954. The van der Waals surface area contributed by atoms with Crippen LogP contribution in [0.1, 0.15) is 27.3 Å². The van der Waals surface area contributed by atoms with Gasteiger partial charge in [0.2, 0.25) is 0 Å². The summed E-state index contributed by atoms with van der Waals surface area (Å²) in [7, 11) is 0. The molecule has 5 heteroatoms. The van der Waals surface area contributed by atoms with Gasteiger partial charge < -0.3 is 14.6 Å². The van der Waals surface area contributed by atoms with Crippen LogP contribution < -0.4 is 10.1 Å². The van der Waals surface area contributed by atoms with Crippen molar-refractivity contribution in [1.29, 1.82) is 0 Å². The summed E-state index contributed by atoms with van der Waals surface area (Å²) in [5.41, 5.74) is 5.18. The number of aryl methyl sites for hydroxylation is 2. The van der Waals surface area contributed by atoms with E-state index < -0.39 is 0 Å². The number of amides is 1. The predicted octanol–water partition coefficient (Wildman–Crippen LogP) is 4.70. The summed E-state index contributed by atoms with van der Waals surface area (Å²) in [4.78, 5) is 17.1. The molecule has 0 atom stereocenters. The van der Waals surface area contributed by atoms with Gasteiger partial charge in [0.25, 0.3) is 5.91 Å². The highest BCUT2D eigenvalue weighted by Gasteiger charge is 2.11. The normalized spacial score (nSPS) is 10.9. The molecule has 0 saturated heterocycles. The Morgan fingerprint density at radius 1 is 0.968 bits per heavy atom. The molecule has 1 N–H and O–H groups in total. The second-order valence-corrected chi connectivity index (χ2v) is 7.63. The third-order valence-electron chi connectivity index (χ3n) is 5.47. The zero-order valence-electron chi connectivity index (χ0n) is 18.0. The van der Waals surface area contributed by atoms with Gasteiger partial charge in [-0.05, 0) is 61.4 Å². The van der Waals surface area contributed by atoms with E-state index in [1.54, 1.807) is 0 Å². The standard InChI is InChI=1S/C26H27N3O2/c1-19-12-13-22(18-20(19)2)31-17-16-29-24-11-7-6-10-23(24)28-25(29)14-15-27-26(30)21-8-4-3-5-9-21/h3-13,18H,14-17H2,1-2H3,(H,27,30). The van der Waals surface area contributed by atoms with Gasteiger partial charge in [-0.2, -0.15) is 0 Å². The third kappa shape index (κ3) is 4.94. The second-order valence-electron chi connectivity index (χ2n) is 7.63. The van der Waals surface area contributed by atoms with E-state index in [1.165, 1.54) is 11.1 Å². The van der Waals surface area contributed by atoms with Crippen molar-refractivity contribution in [1.82, 2.24) is 14.9 Å². The number of nitrogens with one attached hydrogen (secondary N) is 1. The van der Waals surface area contributed by atoms with Crippen molar-refractivity contribution in [3.05, 3.63) is 95.3 Å². The quantitative estimate of drug-likeness (QED) is 0.455. The first-order chi connectivity index (χ1) is 15.1. The molecule has 0 aliphatic carbocycles. The molecule has 4 rings (SSSR count). The van der Waals surface area contributed by atoms with E-state index in [4.69, 9.17) is 9.72 Å². The lowest BCUT2D eigenvalue weighted by atomic mass is 10.1. The highest BCUT2D eigenvalue weighted by molar-refractivity contribution is 5.94. The maximum absolute atomic E-state index is 12.3. The van der Waals surface area contributed by atoms with Crippen molar-refractivity contribution < 1.29 is 9.53 Å². The van der Waals surface area contributed by atoms with E-state index in [0.29, 0.717) is 31.7 Å².